The largest absolute Gasteiger partial charge is 0.449 e. The van der Waals surface area contributed by atoms with Gasteiger partial charge in [0, 0.05) is 11.6 Å². The van der Waals surface area contributed by atoms with Crippen molar-refractivity contribution in [3.63, 3.8) is 0 Å². The molecular weight excluding hydrogens is 218 g/mol. The van der Waals surface area contributed by atoms with Gasteiger partial charge in [-0.2, -0.15) is 0 Å². The molecule has 1 heterocycles. The lowest BCUT2D eigenvalue weighted by molar-refractivity contribution is 0.145. The zero-order valence-corrected chi connectivity index (χ0v) is 9.70. The Kier molecular flexibility index (Phi) is 4.82. The Bertz CT molecular complexity index is 343. The topological polar surface area (TPSA) is 31.2 Å². The molecule has 1 aromatic rings. The molecule has 0 N–H and O–H groups in total. The molecule has 0 bridgehead atoms. The summed E-state index contributed by atoms with van der Waals surface area (Å²) in [5, 5.41) is 1.77. The highest BCUT2D eigenvalue weighted by Gasteiger charge is 2.05. The standard InChI is InChI=1S/C9H13NO2S2/c1-2-3-4-6-12-8(11)10-5-7-14-9(10)13/h5,7H,2-4,6H2,1H3. The molecule has 0 aromatic carbocycles. The lowest BCUT2D eigenvalue weighted by atomic mass is 10.3. The fraction of sp³-hybridized carbons (Fsp3) is 0.556. The number of rotatable bonds is 4. The Morgan fingerprint density at radius 1 is 1.64 bits per heavy atom. The van der Waals surface area contributed by atoms with E-state index in [1.807, 2.05) is 0 Å². The van der Waals surface area contributed by atoms with E-state index in [-0.39, 0.29) is 6.09 Å². The number of carbonyl (C=O) groups excluding carboxylic acids is 1. The van der Waals surface area contributed by atoms with Gasteiger partial charge in [0.25, 0.3) is 0 Å². The average Bonchev–Trinajstić information content (AvgIpc) is 2.59. The summed E-state index contributed by atoms with van der Waals surface area (Å²) in [5.41, 5.74) is 0. The van der Waals surface area contributed by atoms with Crippen molar-refractivity contribution in [2.24, 2.45) is 0 Å². The van der Waals surface area contributed by atoms with Crippen LogP contribution in [0.15, 0.2) is 11.6 Å². The molecule has 0 fully saturated rings. The lowest BCUT2D eigenvalue weighted by Crippen LogP contribution is -2.13. The molecule has 0 aliphatic rings. The first-order valence-electron chi connectivity index (χ1n) is 4.59. The predicted molar refractivity (Wildman–Crippen MR) is 59.4 cm³/mol. The second kappa shape index (κ2) is 5.93. The Labute approximate surface area is 92.3 Å². The van der Waals surface area contributed by atoms with Crippen LogP contribution in [-0.4, -0.2) is 17.3 Å². The Hall–Kier alpha value is -0.680. The number of ether oxygens (including phenoxy) is 1. The van der Waals surface area contributed by atoms with Crippen molar-refractivity contribution in [3.05, 3.63) is 15.5 Å². The fourth-order valence-corrected chi connectivity index (χ4v) is 1.83. The van der Waals surface area contributed by atoms with Crippen molar-refractivity contribution in [1.29, 1.82) is 0 Å². The van der Waals surface area contributed by atoms with Crippen LogP contribution in [0.4, 0.5) is 4.79 Å². The molecule has 0 atom stereocenters. The number of hydrogen-bond acceptors (Lipinski definition) is 4. The lowest BCUT2D eigenvalue weighted by Gasteiger charge is -2.03. The summed E-state index contributed by atoms with van der Waals surface area (Å²) in [7, 11) is 0. The second-order valence-electron chi connectivity index (χ2n) is 2.86. The van der Waals surface area contributed by atoms with Gasteiger partial charge < -0.3 is 4.74 Å². The number of nitrogens with zero attached hydrogens (tertiary/aromatic N) is 1. The maximum absolute atomic E-state index is 11.4. The quantitative estimate of drug-likeness (QED) is 0.587. The third-order valence-corrected chi connectivity index (χ3v) is 2.89. The van der Waals surface area contributed by atoms with E-state index >= 15 is 0 Å². The number of hydrogen-bond donors (Lipinski definition) is 0. The van der Waals surface area contributed by atoms with Gasteiger partial charge >= 0.3 is 6.09 Å². The molecule has 0 radical (unpaired) electrons. The van der Waals surface area contributed by atoms with Crippen molar-refractivity contribution in [2.75, 3.05) is 6.61 Å². The van der Waals surface area contributed by atoms with E-state index in [9.17, 15) is 4.79 Å². The highest BCUT2D eigenvalue weighted by Crippen LogP contribution is 2.04. The highest BCUT2D eigenvalue weighted by atomic mass is 32.1. The van der Waals surface area contributed by atoms with Gasteiger partial charge in [0.05, 0.1) is 6.61 Å². The predicted octanol–water partition coefficient (Wildman–Crippen LogP) is 3.45. The van der Waals surface area contributed by atoms with Crippen LogP contribution < -0.4 is 0 Å². The van der Waals surface area contributed by atoms with Crippen molar-refractivity contribution < 1.29 is 9.53 Å². The van der Waals surface area contributed by atoms with Crippen LogP contribution in [0.1, 0.15) is 26.2 Å². The van der Waals surface area contributed by atoms with Crippen molar-refractivity contribution in [2.45, 2.75) is 26.2 Å². The molecule has 1 rings (SSSR count). The second-order valence-corrected chi connectivity index (χ2v) is 4.40. The van der Waals surface area contributed by atoms with Crippen molar-refractivity contribution in [1.82, 2.24) is 4.57 Å². The van der Waals surface area contributed by atoms with Crippen LogP contribution in [0.3, 0.4) is 0 Å². The number of unbranched alkanes of at least 4 members (excludes halogenated alkanes) is 2. The van der Waals surface area contributed by atoms with Gasteiger partial charge in [-0.25, -0.2) is 9.36 Å². The van der Waals surface area contributed by atoms with Crippen LogP contribution in [0.5, 0.6) is 0 Å². The van der Waals surface area contributed by atoms with E-state index in [1.165, 1.54) is 15.9 Å². The molecule has 0 spiro atoms. The summed E-state index contributed by atoms with van der Waals surface area (Å²) in [4.78, 5) is 11.4. The summed E-state index contributed by atoms with van der Waals surface area (Å²) in [6.07, 6.45) is 4.39. The molecule has 1 aromatic heterocycles. The average molecular weight is 231 g/mol. The maximum Gasteiger partial charge on any atom is 0.419 e. The molecule has 78 valence electrons. The minimum absolute atomic E-state index is 0.368. The SMILES string of the molecule is CCCCCOC(=O)n1ccsc1=S. The van der Waals surface area contributed by atoms with Gasteiger partial charge in [0.2, 0.25) is 0 Å². The minimum atomic E-state index is -0.368. The summed E-state index contributed by atoms with van der Waals surface area (Å²) >= 11 is 6.30. The van der Waals surface area contributed by atoms with E-state index in [0.717, 1.165) is 19.3 Å². The Balaban J connectivity index is 2.36. The summed E-state index contributed by atoms with van der Waals surface area (Å²) < 4.78 is 6.92. The third kappa shape index (κ3) is 3.23. The van der Waals surface area contributed by atoms with E-state index in [4.69, 9.17) is 17.0 Å². The first kappa shape index (κ1) is 11.4. The molecule has 5 heteroatoms. The first-order chi connectivity index (χ1) is 6.75. The van der Waals surface area contributed by atoms with Gasteiger partial charge in [-0.3, -0.25) is 0 Å². The summed E-state index contributed by atoms with van der Waals surface area (Å²) in [6, 6.07) is 0. The van der Waals surface area contributed by atoms with Crippen LogP contribution in [0.25, 0.3) is 0 Å². The highest BCUT2D eigenvalue weighted by molar-refractivity contribution is 7.73. The zero-order chi connectivity index (χ0) is 10.4. The Morgan fingerprint density at radius 2 is 2.43 bits per heavy atom. The molecule has 14 heavy (non-hydrogen) atoms. The van der Waals surface area contributed by atoms with Gasteiger partial charge in [-0.15, -0.1) is 11.3 Å². The van der Waals surface area contributed by atoms with Gasteiger partial charge in [-0.1, -0.05) is 19.8 Å². The first-order valence-corrected chi connectivity index (χ1v) is 5.87. The van der Waals surface area contributed by atoms with Crippen molar-refractivity contribution in [3.8, 4) is 0 Å². The van der Waals surface area contributed by atoms with Crippen LogP contribution in [0, 0.1) is 3.95 Å². The van der Waals surface area contributed by atoms with Crippen LogP contribution in [0.2, 0.25) is 0 Å². The molecule has 0 saturated carbocycles. The molecule has 0 amide bonds. The van der Waals surface area contributed by atoms with E-state index in [2.05, 4.69) is 6.92 Å². The number of aromatic nitrogens is 1. The van der Waals surface area contributed by atoms with Crippen molar-refractivity contribution >= 4 is 29.6 Å². The molecule has 0 aliphatic heterocycles. The monoisotopic (exact) mass is 231 g/mol. The Morgan fingerprint density at radius 3 is 3.00 bits per heavy atom. The normalized spacial score (nSPS) is 10.1. The van der Waals surface area contributed by atoms with Crippen LogP contribution >= 0.6 is 23.6 Å². The van der Waals surface area contributed by atoms with Gasteiger partial charge in [0.1, 0.15) is 0 Å². The molecule has 0 aliphatic carbocycles. The van der Waals surface area contributed by atoms with Gasteiger partial charge in [0.15, 0.2) is 3.95 Å². The van der Waals surface area contributed by atoms with E-state index < -0.39 is 0 Å². The van der Waals surface area contributed by atoms with Gasteiger partial charge in [-0.05, 0) is 18.6 Å². The fourth-order valence-electron chi connectivity index (χ4n) is 0.984. The number of carbonyl (C=O) groups is 1. The molecule has 0 unspecified atom stereocenters. The maximum atomic E-state index is 11.4. The zero-order valence-electron chi connectivity index (χ0n) is 8.06. The summed E-state index contributed by atoms with van der Waals surface area (Å²) in [5.74, 6) is 0. The summed E-state index contributed by atoms with van der Waals surface area (Å²) in [6.45, 7) is 2.58. The number of thiazole rings is 1. The third-order valence-electron chi connectivity index (χ3n) is 1.75. The van der Waals surface area contributed by atoms with E-state index in [1.54, 1.807) is 11.6 Å². The molecular formula is C9H13NO2S2. The smallest absolute Gasteiger partial charge is 0.419 e. The molecule has 3 nitrogen and oxygen atoms in total. The van der Waals surface area contributed by atoms with Crippen LogP contribution in [-0.2, 0) is 4.74 Å². The minimum Gasteiger partial charge on any atom is -0.449 e. The molecule has 0 saturated heterocycles. The van der Waals surface area contributed by atoms with E-state index in [0.29, 0.717) is 10.6 Å².